The Bertz CT molecular complexity index is 1030. The molecule has 0 atom stereocenters. The molecule has 0 saturated carbocycles. The van der Waals surface area contributed by atoms with E-state index in [0.717, 1.165) is 25.9 Å². The van der Waals surface area contributed by atoms with E-state index in [1.165, 1.54) is 30.9 Å². The summed E-state index contributed by atoms with van der Waals surface area (Å²) in [6.45, 7) is 1.87. The van der Waals surface area contributed by atoms with Crippen LogP contribution in [0.1, 0.15) is 19.3 Å². The number of hydrogen-bond donors (Lipinski definition) is 1. The highest BCUT2D eigenvalue weighted by Crippen LogP contribution is 2.24. The van der Waals surface area contributed by atoms with E-state index in [4.69, 9.17) is 4.74 Å². The lowest BCUT2D eigenvalue weighted by Crippen LogP contribution is -2.30. The Hall–Kier alpha value is -3.13. The Morgan fingerprint density at radius 3 is 2.10 bits per heavy atom. The van der Waals surface area contributed by atoms with Crippen molar-refractivity contribution in [1.82, 2.24) is 9.97 Å². The van der Waals surface area contributed by atoms with Gasteiger partial charge in [0.25, 0.3) is 10.0 Å². The van der Waals surface area contributed by atoms with E-state index in [1.54, 1.807) is 12.1 Å². The average molecular weight is 410 g/mol. The Balaban J connectivity index is 1.42. The van der Waals surface area contributed by atoms with Gasteiger partial charge < -0.3 is 9.64 Å². The molecular formula is C21H22N4O3S. The summed E-state index contributed by atoms with van der Waals surface area (Å²) < 4.78 is 33.5. The number of nitrogens with one attached hydrogen (secondary N) is 1. The zero-order valence-corrected chi connectivity index (χ0v) is 16.7. The van der Waals surface area contributed by atoms with E-state index < -0.39 is 10.0 Å². The molecule has 0 unspecified atom stereocenters. The van der Waals surface area contributed by atoms with E-state index in [2.05, 4.69) is 19.6 Å². The lowest BCUT2D eigenvalue weighted by molar-refractivity contribution is 0.482. The number of nitrogens with zero attached hydrogens (tertiary/aromatic N) is 3. The predicted molar refractivity (Wildman–Crippen MR) is 112 cm³/mol. The van der Waals surface area contributed by atoms with Gasteiger partial charge in [0.1, 0.15) is 11.5 Å². The fourth-order valence-electron chi connectivity index (χ4n) is 3.16. The quantitative estimate of drug-likeness (QED) is 0.660. The molecule has 1 aliphatic heterocycles. The SMILES string of the molecule is O=S(=O)(Nc1cnc(N2CCCCC2)nc1)c1ccc(Oc2ccccc2)cc1. The molecule has 0 aliphatic carbocycles. The van der Waals surface area contributed by atoms with Crippen LogP contribution in [0.25, 0.3) is 0 Å². The molecule has 29 heavy (non-hydrogen) atoms. The molecule has 0 radical (unpaired) electrons. The molecule has 150 valence electrons. The number of benzene rings is 2. The van der Waals surface area contributed by atoms with Crippen molar-refractivity contribution < 1.29 is 13.2 Å². The summed E-state index contributed by atoms with van der Waals surface area (Å²) in [6.07, 6.45) is 6.48. The number of ether oxygens (including phenoxy) is 1. The normalized spacial score (nSPS) is 14.4. The van der Waals surface area contributed by atoms with Crippen LogP contribution < -0.4 is 14.4 Å². The highest BCUT2D eigenvalue weighted by Gasteiger charge is 2.17. The highest BCUT2D eigenvalue weighted by atomic mass is 32.2. The second-order valence-electron chi connectivity index (χ2n) is 6.81. The van der Waals surface area contributed by atoms with E-state index in [-0.39, 0.29) is 4.90 Å². The molecule has 0 bridgehead atoms. The van der Waals surface area contributed by atoms with Crippen LogP contribution in [0.3, 0.4) is 0 Å². The van der Waals surface area contributed by atoms with Gasteiger partial charge >= 0.3 is 0 Å². The maximum atomic E-state index is 12.6. The molecule has 1 saturated heterocycles. The molecular weight excluding hydrogens is 388 g/mol. The van der Waals surface area contributed by atoms with Gasteiger partial charge in [0.15, 0.2) is 0 Å². The number of para-hydroxylation sites is 1. The van der Waals surface area contributed by atoms with E-state index in [1.807, 2.05) is 30.3 Å². The van der Waals surface area contributed by atoms with E-state index >= 15 is 0 Å². The summed E-state index contributed by atoms with van der Waals surface area (Å²) >= 11 is 0. The van der Waals surface area contributed by atoms with Gasteiger partial charge in [0.05, 0.1) is 23.0 Å². The van der Waals surface area contributed by atoms with Gasteiger partial charge in [-0.25, -0.2) is 18.4 Å². The average Bonchev–Trinajstić information content (AvgIpc) is 2.76. The van der Waals surface area contributed by atoms with Crippen LogP contribution in [0.5, 0.6) is 11.5 Å². The molecule has 2 heterocycles. The van der Waals surface area contributed by atoms with Crippen LogP contribution in [0.4, 0.5) is 11.6 Å². The third-order valence-corrected chi connectivity index (χ3v) is 6.04. The van der Waals surface area contributed by atoms with Gasteiger partial charge in [0.2, 0.25) is 5.95 Å². The minimum absolute atomic E-state index is 0.137. The molecule has 0 spiro atoms. The molecule has 1 N–H and O–H groups in total. The topological polar surface area (TPSA) is 84.4 Å². The lowest BCUT2D eigenvalue weighted by Gasteiger charge is -2.26. The minimum atomic E-state index is -3.74. The largest absolute Gasteiger partial charge is 0.457 e. The summed E-state index contributed by atoms with van der Waals surface area (Å²) in [5.41, 5.74) is 0.329. The fraction of sp³-hybridized carbons (Fsp3) is 0.238. The standard InChI is InChI=1S/C21H22N4O3S/c26-29(27,20-11-9-19(10-12-20)28-18-7-3-1-4-8-18)24-17-15-22-21(23-16-17)25-13-5-2-6-14-25/h1,3-4,7-12,15-16,24H,2,5-6,13-14H2. The molecule has 0 amide bonds. The number of rotatable bonds is 6. The second-order valence-corrected chi connectivity index (χ2v) is 8.49. The van der Waals surface area contributed by atoms with Gasteiger partial charge in [0, 0.05) is 13.1 Å². The number of anilines is 2. The first-order chi connectivity index (χ1) is 14.1. The van der Waals surface area contributed by atoms with Gasteiger partial charge in [-0.05, 0) is 55.7 Å². The number of hydrogen-bond acceptors (Lipinski definition) is 6. The number of sulfonamides is 1. The van der Waals surface area contributed by atoms with Gasteiger partial charge in [-0.2, -0.15) is 0 Å². The molecule has 1 aromatic heterocycles. The van der Waals surface area contributed by atoms with Crippen LogP contribution in [0, 0.1) is 0 Å². The summed E-state index contributed by atoms with van der Waals surface area (Å²) in [4.78, 5) is 10.9. The lowest BCUT2D eigenvalue weighted by atomic mass is 10.1. The molecule has 1 aliphatic rings. The summed E-state index contributed by atoms with van der Waals surface area (Å²) in [7, 11) is -3.74. The Labute approximate surface area is 170 Å². The van der Waals surface area contributed by atoms with Gasteiger partial charge in [-0.1, -0.05) is 18.2 Å². The Morgan fingerprint density at radius 2 is 1.45 bits per heavy atom. The maximum absolute atomic E-state index is 12.6. The molecule has 4 rings (SSSR count). The zero-order chi connectivity index (χ0) is 20.1. The summed E-state index contributed by atoms with van der Waals surface area (Å²) in [6, 6.07) is 15.6. The van der Waals surface area contributed by atoms with Gasteiger partial charge in [-0.15, -0.1) is 0 Å². The second kappa shape index (κ2) is 8.48. The predicted octanol–water partition coefficient (Wildman–Crippen LogP) is 4.06. The van der Waals surface area contributed by atoms with Crippen LogP contribution in [0.2, 0.25) is 0 Å². The maximum Gasteiger partial charge on any atom is 0.261 e. The van der Waals surface area contributed by atoms with Crippen LogP contribution in [-0.4, -0.2) is 31.5 Å². The molecule has 7 nitrogen and oxygen atoms in total. The molecule has 3 aromatic rings. The molecule has 2 aromatic carbocycles. The monoisotopic (exact) mass is 410 g/mol. The summed E-state index contributed by atoms with van der Waals surface area (Å²) in [5.74, 6) is 1.88. The van der Waals surface area contributed by atoms with Crippen molar-refractivity contribution in [2.75, 3.05) is 22.7 Å². The van der Waals surface area contributed by atoms with Crippen molar-refractivity contribution in [3.8, 4) is 11.5 Å². The Morgan fingerprint density at radius 1 is 0.828 bits per heavy atom. The van der Waals surface area contributed by atoms with Crippen molar-refractivity contribution in [2.24, 2.45) is 0 Å². The van der Waals surface area contributed by atoms with Crippen molar-refractivity contribution in [3.05, 3.63) is 67.0 Å². The first-order valence-corrected chi connectivity index (χ1v) is 11.0. The van der Waals surface area contributed by atoms with Crippen molar-refractivity contribution in [3.63, 3.8) is 0 Å². The third-order valence-electron chi connectivity index (χ3n) is 4.64. The van der Waals surface area contributed by atoms with Crippen LogP contribution in [0.15, 0.2) is 71.9 Å². The number of aromatic nitrogens is 2. The third kappa shape index (κ3) is 4.83. The summed E-state index contributed by atoms with van der Waals surface area (Å²) in [5, 5.41) is 0. The smallest absolute Gasteiger partial charge is 0.261 e. The van der Waals surface area contributed by atoms with Crippen molar-refractivity contribution >= 4 is 21.7 Å². The van der Waals surface area contributed by atoms with Crippen LogP contribution in [-0.2, 0) is 10.0 Å². The minimum Gasteiger partial charge on any atom is -0.457 e. The van der Waals surface area contributed by atoms with Crippen molar-refractivity contribution in [1.29, 1.82) is 0 Å². The fourth-order valence-corrected chi connectivity index (χ4v) is 4.18. The highest BCUT2D eigenvalue weighted by molar-refractivity contribution is 7.92. The first kappa shape index (κ1) is 19.2. The Kier molecular flexibility index (Phi) is 5.62. The number of piperidine rings is 1. The van der Waals surface area contributed by atoms with E-state index in [9.17, 15) is 8.42 Å². The molecule has 8 heteroatoms. The van der Waals surface area contributed by atoms with Crippen LogP contribution >= 0.6 is 0 Å². The molecule has 1 fully saturated rings. The van der Waals surface area contributed by atoms with Crippen molar-refractivity contribution in [2.45, 2.75) is 24.2 Å². The zero-order valence-electron chi connectivity index (χ0n) is 15.9. The van der Waals surface area contributed by atoms with Gasteiger partial charge in [-0.3, -0.25) is 4.72 Å². The first-order valence-electron chi connectivity index (χ1n) is 9.53. The van der Waals surface area contributed by atoms with E-state index in [0.29, 0.717) is 23.1 Å².